The van der Waals surface area contributed by atoms with E-state index in [-0.39, 0.29) is 35.0 Å². The molecule has 3 aromatic heterocycles. The van der Waals surface area contributed by atoms with Crippen molar-refractivity contribution in [1.82, 2.24) is 29.8 Å². The third-order valence-corrected chi connectivity index (χ3v) is 11.5. The molecule has 3 aliphatic rings. The number of carbonyl (C=O) groups is 1. The van der Waals surface area contributed by atoms with Crippen molar-refractivity contribution in [1.29, 1.82) is 0 Å². The van der Waals surface area contributed by atoms with E-state index >= 15 is 0 Å². The minimum atomic E-state index is -4.40. The number of methoxy groups -OCH3 is 3. The van der Waals surface area contributed by atoms with Gasteiger partial charge in [0.05, 0.1) is 44.6 Å². The van der Waals surface area contributed by atoms with Crippen molar-refractivity contribution in [3.8, 4) is 28.6 Å². The molecular formula is C39H46N8O9S. The zero-order valence-electron chi connectivity index (χ0n) is 32.7. The average molecular weight is 803 g/mol. The van der Waals surface area contributed by atoms with Crippen LogP contribution in [0.4, 0.5) is 22.1 Å². The van der Waals surface area contributed by atoms with E-state index in [4.69, 9.17) is 38.3 Å². The predicted octanol–water partition coefficient (Wildman–Crippen LogP) is 6.92. The number of sulfonamides is 1. The van der Waals surface area contributed by atoms with Crippen molar-refractivity contribution in [2.45, 2.75) is 88.5 Å². The molecule has 0 bridgehead atoms. The van der Waals surface area contributed by atoms with Crippen molar-refractivity contribution >= 4 is 44.4 Å². The Labute approximate surface area is 330 Å². The SMILES string of the molecule is COc1cc2c(NS(=O)(=O)c3c(OC)cc(-c4ncc5c(n4)CN(C(=O)OC(C)(C)C)CC5)cc3OC)noc2cc1Nc1cc(C2CC2)n(C2CCCCO2)n1. The number of nitrogens with one attached hydrogen (secondary N) is 2. The number of fused-ring (bicyclic) bond motifs is 2. The maximum absolute atomic E-state index is 14.1. The number of anilines is 3. The molecule has 2 fully saturated rings. The Balaban J connectivity index is 1.05. The molecule has 8 rings (SSSR count). The van der Waals surface area contributed by atoms with E-state index in [2.05, 4.69) is 20.2 Å². The average Bonchev–Trinajstić information content (AvgIpc) is 3.86. The number of hydrogen-bond acceptors (Lipinski definition) is 14. The first kappa shape index (κ1) is 38.3. The molecule has 2 N–H and O–H groups in total. The monoisotopic (exact) mass is 802 g/mol. The Morgan fingerprint density at radius 1 is 0.965 bits per heavy atom. The number of aromatic nitrogens is 5. The number of amides is 1. The van der Waals surface area contributed by atoms with E-state index in [1.807, 2.05) is 31.5 Å². The maximum atomic E-state index is 14.1. The summed E-state index contributed by atoms with van der Waals surface area (Å²) in [6.45, 7) is 6.88. The van der Waals surface area contributed by atoms with Gasteiger partial charge in [0.15, 0.2) is 34.2 Å². The number of ether oxygens (including phenoxy) is 5. The van der Waals surface area contributed by atoms with E-state index in [0.29, 0.717) is 70.8 Å². The molecule has 0 spiro atoms. The van der Waals surface area contributed by atoms with Crippen molar-refractivity contribution < 1.29 is 41.4 Å². The molecule has 1 saturated carbocycles. The molecule has 2 aliphatic heterocycles. The van der Waals surface area contributed by atoms with Crippen molar-refractivity contribution in [2.24, 2.45) is 0 Å². The molecule has 17 nitrogen and oxygen atoms in total. The number of benzene rings is 2. The van der Waals surface area contributed by atoms with E-state index in [9.17, 15) is 13.2 Å². The van der Waals surface area contributed by atoms with Gasteiger partial charge in [-0.05, 0) is 83.1 Å². The lowest BCUT2D eigenvalue weighted by atomic mass is 10.1. The summed E-state index contributed by atoms with van der Waals surface area (Å²) in [5, 5.41) is 12.7. The highest BCUT2D eigenvalue weighted by molar-refractivity contribution is 7.93. The standard InChI is InChI=1S/C39H46N8O9S/c1-39(2,3)55-38(48)46-13-12-23-20-40-36(42-27(23)21-46)24-15-31(52-5)35(32(16-24)53-6)57(49,50)45-37-25-17-30(51-4)26(18-29(25)56-44-37)41-33-19-28(22-10-11-22)47(43-33)34-9-7-8-14-54-34/h15-20,22,34H,7-14,21H2,1-6H3,(H,41,43)(H,44,45). The molecular weight excluding hydrogens is 757 g/mol. The third-order valence-electron chi connectivity index (χ3n) is 10.1. The van der Waals surface area contributed by atoms with Crippen LogP contribution in [-0.4, -0.2) is 84.4 Å². The van der Waals surface area contributed by atoms with Crippen LogP contribution in [0.15, 0.2) is 45.9 Å². The van der Waals surface area contributed by atoms with Crippen LogP contribution in [-0.2, 0) is 32.5 Å². The summed E-state index contributed by atoms with van der Waals surface area (Å²) >= 11 is 0. The molecule has 1 unspecified atom stereocenters. The summed E-state index contributed by atoms with van der Waals surface area (Å²) < 4.78 is 67.0. The second-order valence-corrected chi connectivity index (χ2v) is 17.0. The van der Waals surface area contributed by atoms with E-state index in [0.717, 1.165) is 43.4 Å². The molecule has 0 radical (unpaired) electrons. The van der Waals surface area contributed by atoms with Crippen LogP contribution in [0.25, 0.3) is 22.4 Å². The maximum Gasteiger partial charge on any atom is 0.410 e. The summed E-state index contributed by atoms with van der Waals surface area (Å²) in [7, 11) is -0.169. The molecule has 1 saturated heterocycles. The lowest BCUT2D eigenvalue weighted by Gasteiger charge is -2.30. The summed E-state index contributed by atoms with van der Waals surface area (Å²) in [5.41, 5.74) is 3.38. The molecule has 5 heterocycles. The molecule has 57 heavy (non-hydrogen) atoms. The Kier molecular flexibility index (Phi) is 10.1. The van der Waals surface area contributed by atoms with Crippen LogP contribution in [0.1, 0.15) is 82.0 Å². The Bertz CT molecular complexity index is 2410. The number of rotatable bonds is 11. The smallest absolute Gasteiger partial charge is 0.410 e. The highest BCUT2D eigenvalue weighted by atomic mass is 32.2. The van der Waals surface area contributed by atoms with Crippen LogP contribution in [0.5, 0.6) is 17.2 Å². The molecule has 2 aromatic carbocycles. The molecule has 1 aliphatic carbocycles. The minimum Gasteiger partial charge on any atom is -0.495 e. The van der Waals surface area contributed by atoms with E-state index in [1.54, 1.807) is 23.2 Å². The molecule has 18 heteroatoms. The van der Waals surface area contributed by atoms with E-state index < -0.39 is 21.7 Å². The Morgan fingerprint density at radius 2 is 1.72 bits per heavy atom. The first-order valence-corrected chi connectivity index (χ1v) is 20.4. The predicted molar refractivity (Wildman–Crippen MR) is 209 cm³/mol. The van der Waals surface area contributed by atoms with Gasteiger partial charge in [0.1, 0.15) is 22.8 Å². The van der Waals surface area contributed by atoms with Gasteiger partial charge < -0.3 is 38.4 Å². The van der Waals surface area contributed by atoms with Gasteiger partial charge in [-0.15, -0.1) is 0 Å². The molecule has 1 atom stereocenters. The van der Waals surface area contributed by atoms with Gasteiger partial charge in [-0.3, -0.25) is 4.72 Å². The second-order valence-electron chi connectivity index (χ2n) is 15.3. The fourth-order valence-corrected chi connectivity index (χ4v) is 8.44. The normalized spacial score (nSPS) is 17.2. The van der Waals surface area contributed by atoms with Crippen molar-refractivity contribution in [3.63, 3.8) is 0 Å². The van der Waals surface area contributed by atoms with Crippen LogP contribution >= 0.6 is 0 Å². The summed E-state index contributed by atoms with van der Waals surface area (Å²) in [4.78, 5) is 23.4. The lowest BCUT2D eigenvalue weighted by Crippen LogP contribution is -2.40. The van der Waals surface area contributed by atoms with Crippen LogP contribution in [0, 0.1) is 0 Å². The molecule has 302 valence electrons. The van der Waals surface area contributed by atoms with Gasteiger partial charge >= 0.3 is 6.09 Å². The minimum absolute atomic E-state index is 0.0194. The first-order chi connectivity index (χ1) is 27.3. The van der Waals surface area contributed by atoms with Gasteiger partial charge in [-0.1, -0.05) is 5.16 Å². The number of nitrogens with zero attached hydrogens (tertiary/aromatic N) is 6. The van der Waals surface area contributed by atoms with Crippen LogP contribution < -0.4 is 24.2 Å². The highest BCUT2D eigenvalue weighted by Crippen LogP contribution is 2.44. The second kappa shape index (κ2) is 15.0. The molecule has 5 aromatic rings. The summed E-state index contributed by atoms with van der Waals surface area (Å²) in [6.07, 6.45) is 7.04. The first-order valence-electron chi connectivity index (χ1n) is 18.9. The van der Waals surface area contributed by atoms with Crippen LogP contribution in [0.2, 0.25) is 0 Å². The largest absolute Gasteiger partial charge is 0.495 e. The van der Waals surface area contributed by atoms with Crippen LogP contribution in [0.3, 0.4) is 0 Å². The van der Waals surface area contributed by atoms with E-state index in [1.165, 1.54) is 33.5 Å². The van der Waals surface area contributed by atoms with Gasteiger partial charge in [0.2, 0.25) is 0 Å². The van der Waals surface area contributed by atoms with Gasteiger partial charge in [0, 0.05) is 48.7 Å². The van der Waals surface area contributed by atoms with Gasteiger partial charge in [-0.25, -0.2) is 27.9 Å². The third kappa shape index (κ3) is 7.87. The zero-order chi connectivity index (χ0) is 40.1. The van der Waals surface area contributed by atoms with Crippen molar-refractivity contribution in [3.05, 3.63) is 53.5 Å². The number of hydrogen-bond donors (Lipinski definition) is 2. The van der Waals surface area contributed by atoms with Gasteiger partial charge in [0.25, 0.3) is 10.0 Å². The fraction of sp³-hybridized carbons (Fsp3) is 0.462. The summed E-state index contributed by atoms with van der Waals surface area (Å²) in [6, 6.07) is 8.41. The quantitative estimate of drug-likeness (QED) is 0.140. The summed E-state index contributed by atoms with van der Waals surface area (Å²) in [5.74, 6) is 1.70. The number of carbonyl (C=O) groups excluding carboxylic acids is 1. The highest BCUT2D eigenvalue weighted by Gasteiger charge is 2.33. The Hall–Kier alpha value is -5.62. The van der Waals surface area contributed by atoms with Crippen molar-refractivity contribution in [2.75, 3.05) is 44.5 Å². The van der Waals surface area contributed by atoms with Gasteiger partial charge in [-0.2, -0.15) is 5.10 Å². The topological polar surface area (TPSA) is 194 Å². The molecule has 1 amide bonds. The lowest BCUT2D eigenvalue weighted by molar-refractivity contribution is -0.0409. The Morgan fingerprint density at radius 3 is 2.39 bits per heavy atom. The zero-order valence-corrected chi connectivity index (χ0v) is 33.6. The fourth-order valence-electron chi connectivity index (χ4n) is 7.12.